The summed E-state index contributed by atoms with van der Waals surface area (Å²) in [6.07, 6.45) is 1.79. The van der Waals surface area contributed by atoms with E-state index in [-0.39, 0.29) is 6.04 Å². The van der Waals surface area contributed by atoms with Crippen LogP contribution >= 0.6 is 0 Å². The van der Waals surface area contributed by atoms with Crippen molar-refractivity contribution in [1.29, 1.82) is 0 Å². The molecular formula is C12H15N3O. The third-order valence-corrected chi connectivity index (χ3v) is 2.51. The van der Waals surface area contributed by atoms with Gasteiger partial charge in [-0.3, -0.25) is 4.98 Å². The average Bonchev–Trinajstić information content (AvgIpc) is 2.35. The summed E-state index contributed by atoms with van der Waals surface area (Å²) in [6.45, 7) is 0.587. The molecule has 1 heterocycles. The van der Waals surface area contributed by atoms with Crippen molar-refractivity contribution in [1.82, 2.24) is 15.3 Å². The van der Waals surface area contributed by atoms with Crippen LogP contribution in [0.2, 0.25) is 0 Å². The lowest BCUT2D eigenvalue weighted by atomic mass is 10.2. The van der Waals surface area contributed by atoms with Crippen LogP contribution in [0.15, 0.2) is 30.5 Å². The lowest BCUT2D eigenvalue weighted by molar-refractivity contribution is 0.169. The normalized spacial score (nSPS) is 12.9. The summed E-state index contributed by atoms with van der Waals surface area (Å²) in [5.74, 6) is 0. The molecule has 0 amide bonds. The Labute approximate surface area is 94.7 Å². The van der Waals surface area contributed by atoms with Crippen LogP contribution in [-0.4, -0.2) is 30.7 Å². The monoisotopic (exact) mass is 217 g/mol. The Kier molecular flexibility index (Phi) is 3.44. The average molecular weight is 217 g/mol. The van der Waals surface area contributed by atoms with Gasteiger partial charge in [0.05, 0.1) is 35.6 Å². The zero-order valence-corrected chi connectivity index (χ0v) is 9.47. The van der Waals surface area contributed by atoms with E-state index in [0.29, 0.717) is 6.61 Å². The van der Waals surface area contributed by atoms with Crippen molar-refractivity contribution in [2.75, 3.05) is 20.8 Å². The third kappa shape index (κ3) is 2.18. The summed E-state index contributed by atoms with van der Waals surface area (Å²) in [4.78, 5) is 8.93. The minimum absolute atomic E-state index is 0.0853. The molecule has 4 heteroatoms. The predicted molar refractivity (Wildman–Crippen MR) is 63.2 cm³/mol. The first-order valence-corrected chi connectivity index (χ1v) is 5.23. The molecule has 2 rings (SSSR count). The van der Waals surface area contributed by atoms with E-state index in [0.717, 1.165) is 16.7 Å². The van der Waals surface area contributed by atoms with Gasteiger partial charge in [0.15, 0.2) is 0 Å². The maximum atomic E-state index is 5.13. The molecule has 1 atom stereocenters. The number of para-hydroxylation sites is 2. The summed E-state index contributed by atoms with van der Waals surface area (Å²) < 4.78 is 5.13. The molecule has 0 saturated carbocycles. The fourth-order valence-electron chi connectivity index (χ4n) is 1.62. The molecule has 2 aromatic rings. The number of methoxy groups -OCH3 is 1. The number of nitrogens with zero attached hydrogens (tertiary/aromatic N) is 2. The van der Waals surface area contributed by atoms with Crippen LogP contribution in [0.5, 0.6) is 0 Å². The fraction of sp³-hybridized carbons (Fsp3) is 0.333. The van der Waals surface area contributed by atoms with Gasteiger partial charge in [-0.2, -0.15) is 0 Å². The van der Waals surface area contributed by atoms with Crippen LogP contribution in [0.1, 0.15) is 11.7 Å². The van der Waals surface area contributed by atoms with Gasteiger partial charge in [-0.1, -0.05) is 12.1 Å². The van der Waals surface area contributed by atoms with Gasteiger partial charge < -0.3 is 10.1 Å². The van der Waals surface area contributed by atoms with E-state index in [2.05, 4.69) is 15.3 Å². The number of rotatable bonds is 4. The third-order valence-electron chi connectivity index (χ3n) is 2.51. The van der Waals surface area contributed by atoms with E-state index >= 15 is 0 Å². The van der Waals surface area contributed by atoms with Gasteiger partial charge in [-0.25, -0.2) is 4.98 Å². The van der Waals surface area contributed by atoms with Crippen LogP contribution in [-0.2, 0) is 4.74 Å². The Hall–Kier alpha value is -1.52. The smallest absolute Gasteiger partial charge is 0.0890 e. The maximum absolute atomic E-state index is 5.13. The molecule has 16 heavy (non-hydrogen) atoms. The highest BCUT2D eigenvalue weighted by Gasteiger charge is 2.11. The number of benzene rings is 1. The Morgan fingerprint density at radius 3 is 2.75 bits per heavy atom. The highest BCUT2D eigenvalue weighted by atomic mass is 16.5. The van der Waals surface area contributed by atoms with Crippen molar-refractivity contribution < 1.29 is 4.74 Å². The zero-order valence-electron chi connectivity index (χ0n) is 9.47. The van der Waals surface area contributed by atoms with E-state index < -0.39 is 0 Å². The summed E-state index contributed by atoms with van der Waals surface area (Å²) >= 11 is 0. The first-order valence-electron chi connectivity index (χ1n) is 5.23. The number of ether oxygens (including phenoxy) is 1. The molecule has 0 bridgehead atoms. The second kappa shape index (κ2) is 5.01. The van der Waals surface area contributed by atoms with Crippen LogP contribution in [0.4, 0.5) is 0 Å². The summed E-state index contributed by atoms with van der Waals surface area (Å²) in [6, 6.07) is 7.93. The fourth-order valence-corrected chi connectivity index (χ4v) is 1.62. The topological polar surface area (TPSA) is 47.0 Å². The molecule has 1 unspecified atom stereocenters. The minimum Gasteiger partial charge on any atom is -0.383 e. The van der Waals surface area contributed by atoms with Crippen LogP contribution in [0, 0.1) is 0 Å². The standard InChI is InChI=1S/C12H15N3O/c1-13-12(8-16-2)11-7-14-9-5-3-4-6-10(9)15-11/h3-7,12-13H,8H2,1-2H3. The van der Waals surface area contributed by atoms with E-state index in [1.165, 1.54) is 0 Å². The Balaban J connectivity index is 2.37. The van der Waals surface area contributed by atoms with Crippen molar-refractivity contribution in [3.8, 4) is 0 Å². The van der Waals surface area contributed by atoms with Crippen molar-refractivity contribution in [2.45, 2.75) is 6.04 Å². The molecule has 0 saturated heterocycles. The van der Waals surface area contributed by atoms with Gasteiger partial charge in [-0.15, -0.1) is 0 Å². The van der Waals surface area contributed by atoms with Crippen LogP contribution in [0.25, 0.3) is 11.0 Å². The molecule has 0 aliphatic rings. The highest BCUT2D eigenvalue weighted by molar-refractivity contribution is 5.73. The second-order valence-electron chi connectivity index (χ2n) is 3.58. The molecule has 1 N–H and O–H groups in total. The van der Waals surface area contributed by atoms with Gasteiger partial charge in [0.1, 0.15) is 0 Å². The lowest BCUT2D eigenvalue weighted by Gasteiger charge is -2.14. The number of likely N-dealkylation sites (N-methyl/N-ethyl adjacent to an activating group) is 1. The molecule has 0 aliphatic heterocycles. The summed E-state index contributed by atoms with van der Waals surface area (Å²) in [5, 5.41) is 3.16. The Morgan fingerprint density at radius 2 is 2.06 bits per heavy atom. The molecule has 0 aliphatic carbocycles. The van der Waals surface area contributed by atoms with E-state index in [1.807, 2.05) is 31.3 Å². The quantitative estimate of drug-likeness (QED) is 0.843. The largest absolute Gasteiger partial charge is 0.383 e. The van der Waals surface area contributed by atoms with Gasteiger partial charge in [-0.05, 0) is 19.2 Å². The van der Waals surface area contributed by atoms with Gasteiger partial charge in [0, 0.05) is 7.11 Å². The molecule has 84 valence electrons. The highest BCUT2D eigenvalue weighted by Crippen LogP contribution is 2.13. The van der Waals surface area contributed by atoms with Gasteiger partial charge >= 0.3 is 0 Å². The maximum Gasteiger partial charge on any atom is 0.0890 e. The zero-order chi connectivity index (χ0) is 11.4. The number of aromatic nitrogens is 2. The van der Waals surface area contributed by atoms with Crippen molar-refractivity contribution in [3.05, 3.63) is 36.2 Å². The molecule has 0 fully saturated rings. The molecule has 0 radical (unpaired) electrons. The SMILES string of the molecule is CNC(COC)c1cnc2ccccc2n1. The number of fused-ring (bicyclic) bond motifs is 1. The van der Waals surface area contributed by atoms with E-state index in [4.69, 9.17) is 4.74 Å². The van der Waals surface area contributed by atoms with E-state index in [1.54, 1.807) is 13.3 Å². The first kappa shape index (κ1) is 11.0. The number of nitrogens with one attached hydrogen (secondary N) is 1. The van der Waals surface area contributed by atoms with Crippen molar-refractivity contribution in [3.63, 3.8) is 0 Å². The van der Waals surface area contributed by atoms with Crippen LogP contribution < -0.4 is 5.32 Å². The minimum atomic E-state index is 0.0853. The molecule has 4 nitrogen and oxygen atoms in total. The second-order valence-corrected chi connectivity index (χ2v) is 3.58. The van der Waals surface area contributed by atoms with Crippen LogP contribution in [0.3, 0.4) is 0 Å². The van der Waals surface area contributed by atoms with Gasteiger partial charge in [0.25, 0.3) is 0 Å². The number of hydrogen-bond acceptors (Lipinski definition) is 4. The van der Waals surface area contributed by atoms with Gasteiger partial charge in [0.2, 0.25) is 0 Å². The Morgan fingerprint density at radius 1 is 1.31 bits per heavy atom. The molecule has 0 spiro atoms. The van der Waals surface area contributed by atoms with E-state index in [9.17, 15) is 0 Å². The molecular weight excluding hydrogens is 202 g/mol. The Bertz CT molecular complexity index is 473. The predicted octanol–water partition coefficient (Wildman–Crippen LogP) is 1.54. The summed E-state index contributed by atoms with van der Waals surface area (Å²) in [7, 11) is 3.57. The summed E-state index contributed by atoms with van der Waals surface area (Å²) in [5.41, 5.74) is 2.73. The van der Waals surface area contributed by atoms with Crippen molar-refractivity contribution in [2.24, 2.45) is 0 Å². The van der Waals surface area contributed by atoms with Crippen molar-refractivity contribution >= 4 is 11.0 Å². The lowest BCUT2D eigenvalue weighted by Crippen LogP contribution is -2.22. The molecule has 1 aromatic heterocycles. The first-order chi connectivity index (χ1) is 7.85. The number of hydrogen-bond donors (Lipinski definition) is 1. The molecule has 1 aromatic carbocycles.